The summed E-state index contributed by atoms with van der Waals surface area (Å²) < 4.78 is 0. The minimum absolute atomic E-state index is 0.0686. The van der Waals surface area contributed by atoms with E-state index < -0.39 is 5.97 Å². The molecule has 2 aliphatic rings. The van der Waals surface area contributed by atoms with E-state index in [4.69, 9.17) is 0 Å². The number of nitrogens with one attached hydrogen (secondary N) is 3. The van der Waals surface area contributed by atoms with Gasteiger partial charge >= 0.3 is 5.97 Å². The van der Waals surface area contributed by atoms with E-state index in [9.17, 15) is 19.5 Å². The van der Waals surface area contributed by atoms with E-state index in [1.54, 1.807) is 6.08 Å². The molecule has 0 spiro atoms. The highest BCUT2D eigenvalue weighted by molar-refractivity contribution is 5.86. The lowest BCUT2D eigenvalue weighted by Gasteiger charge is -2.25. The fourth-order valence-corrected chi connectivity index (χ4v) is 4.46. The van der Waals surface area contributed by atoms with Crippen LogP contribution < -0.4 is 10.6 Å². The van der Waals surface area contributed by atoms with Crippen LogP contribution in [0, 0.1) is 0 Å². The summed E-state index contributed by atoms with van der Waals surface area (Å²) in [7, 11) is 0. The highest BCUT2D eigenvalue weighted by Gasteiger charge is 2.29. The zero-order valence-corrected chi connectivity index (χ0v) is 19.7. The molecule has 9 heteroatoms. The van der Waals surface area contributed by atoms with Gasteiger partial charge in [0, 0.05) is 31.6 Å². The maximum atomic E-state index is 12.6. The summed E-state index contributed by atoms with van der Waals surface area (Å²) in [5.41, 5.74) is 4.36. The predicted octanol–water partition coefficient (Wildman–Crippen LogP) is 3.50. The largest absolute Gasteiger partial charge is 0.480 e. The van der Waals surface area contributed by atoms with Crippen LogP contribution in [0.2, 0.25) is 0 Å². The maximum absolute atomic E-state index is 12.6. The van der Waals surface area contributed by atoms with Crippen molar-refractivity contribution in [2.24, 2.45) is 0 Å². The number of carbonyl (C=O) groups is 3. The molecule has 0 unspecified atom stereocenters. The Kier molecular flexibility index (Phi) is 7.97. The molecule has 0 saturated carbocycles. The molecule has 1 aromatic carbocycles. The van der Waals surface area contributed by atoms with Crippen LogP contribution in [0.15, 0.2) is 59.3 Å². The monoisotopic (exact) mass is 477 g/mol. The predicted molar refractivity (Wildman–Crippen MR) is 134 cm³/mol. The molecule has 4 N–H and O–H groups in total. The highest BCUT2D eigenvalue weighted by Crippen LogP contribution is 2.33. The molecule has 1 aromatic heterocycles. The Bertz CT molecular complexity index is 1160. The minimum Gasteiger partial charge on any atom is -0.480 e. The molecule has 0 saturated heterocycles. The first-order chi connectivity index (χ1) is 17.0. The van der Waals surface area contributed by atoms with Crippen molar-refractivity contribution in [3.05, 3.63) is 59.3 Å². The fraction of sp³-hybridized carbons (Fsp3) is 0.385. The van der Waals surface area contributed by atoms with Gasteiger partial charge in [0.05, 0.1) is 11.0 Å². The van der Waals surface area contributed by atoms with Gasteiger partial charge in [-0.25, -0.2) is 4.98 Å². The van der Waals surface area contributed by atoms with Crippen LogP contribution in [-0.4, -0.2) is 57.4 Å². The molecule has 2 aromatic rings. The number of benzene rings is 1. The number of nitrogens with zero attached hydrogens (tertiary/aromatic N) is 2. The zero-order chi connectivity index (χ0) is 24.6. The van der Waals surface area contributed by atoms with Crippen molar-refractivity contribution in [1.29, 1.82) is 0 Å². The molecular weight excluding hydrogens is 446 g/mol. The number of aromatic amines is 1. The summed E-state index contributed by atoms with van der Waals surface area (Å²) in [5, 5.41) is 15.5. The molecule has 1 aliphatic heterocycles. The number of para-hydroxylation sites is 2. The van der Waals surface area contributed by atoms with Crippen molar-refractivity contribution >= 4 is 34.8 Å². The zero-order valence-electron chi connectivity index (χ0n) is 19.7. The Morgan fingerprint density at radius 1 is 1.11 bits per heavy atom. The number of aromatic nitrogens is 2. The Morgan fingerprint density at radius 3 is 2.77 bits per heavy atom. The van der Waals surface area contributed by atoms with Crippen molar-refractivity contribution in [2.45, 2.75) is 44.9 Å². The Hall–Kier alpha value is -3.88. The molecule has 0 bridgehead atoms. The maximum Gasteiger partial charge on any atom is 0.323 e. The van der Waals surface area contributed by atoms with Gasteiger partial charge in [-0.3, -0.25) is 14.4 Å². The average Bonchev–Trinajstić information content (AvgIpc) is 3.22. The number of hydrogen-bond acceptors (Lipinski definition) is 5. The van der Waals surface area contributed by atoms with Crippen LogP contribution >= 0.6 is 0 Å². The molecule has 2 heterocycles. The lowest BCUT2D eigenvalue weighted by molar-refractivity contribution is -0.142. The van der Waals surface area contributed by atoms with E-state index in [0.29, 0.717) is 25.1 Å². The first-order valence-corrected chi connectivity index (χ1v) is 12.1. The van der Waals surface area contributed by atoms with Crippen LogP contribution in [-0.2, 0) is 14.4 Å². The number of unbranched alkanes of at least 4 members (excludes halogenated alkanes) is 2. The van der Waals surface area contributed by atoms with Gasteiger partial charge in [0.25, 0.3) is 0 Å². The topological polar surface area (TPSA) is 127 Å². The number of carboxylic acids is 1. The van der Waals surface area contributed by atoms with E-state index in [1.165, 1.54) is 4.90 Å². The second-order valence-electron chi connectivity index (χ2n) is 8.76. The van der Waals surface area contributed by atoms with Gasteiger partial charge in [-0.05, 0) is 55.9 Å². The number of imidazole rings is 1. The molecule has 0 fully saturated rings. The second kappa shape index (κ2) is 11.5. The Balaban J connectivity index is 1.20. The van der Waals surface area contributed by atoms with Crippen LogP contribution in [0.3, 0.4) is 0 Å². The summed E-state index contributed by atoms with van der Waals surface area (Å²) in [4.78, 5) is 45.4. The fourth-order valence-electron chi connectivity index (χ4n) is 4.46. The van der Waals surface area contributed by atoms with Gasteiger partial charge in [-0.2, -0.15) is 0 Å². The molecule has 4 rings (SSSR count). The quantitative estimate of drug-likeness (QED) is 0.367. The van der Waals surface area contributed by atoms with Gasteiger partial charge in [0.2, 0.25) is 17.8 Å². The Labute approximate surface area is 204 Å². The average molecular weight is 478 g/mol. The number of fused-ring (bicyclic) bond motifs is 2. The van der Waals surface area contributed by atoms with Crippen molar-refractivity contribution < 1.29 is 19.5 Å². The van der Waals surface area contributed by atoms with Gasteiger partial charge in [0.1, 0.15) is 6.54 Å². The number of carbonyl (C=O) groups excluding carboxylic acids is 2. The van der Waals surface area contributed by atoms with Gasteiger partial charge in [-0.15, -0.1) is 0 Å². The van der Waals surface area contributed by atoms with Crippen LogP contribution in [0.1, 0.15) is 44.9 Å². The highest BCUT2D eigenvalue weighted by atomic mass is 16.4. The minimum atomic E-state index is -1.05. The van der Waals surface area contributed by atoms with Crippen molar-refractivity contribution in [1.82, 2.24) is 20.2 Å². The third-order valence-electron chi connectivity index (χ3n) is 6.21. The number of amides is 2. The summed E-state index contributed by atoms with van der Waals surface area (Å²) in [5.74, 6) is -0.579. The molecule has 1 aliphatic carbocycles. The molecule has 0 atom stereocenters. The molecule has 184 valence electrons. The molecular formula is C26H31N5O4. The van der Waals surface area contributed by atoms with Crippen LogP contribution in [0.25, 0.3) is 11.0 Å². The number of anilines is 1. The SMILES string of the molecule is O=C(O)CN1C(=O)CCC(CC(=O)NCCCCCNc2nc3ccccc3[nH]2)=C2CC=CC=C21. The number of aliphatic carboxylic acids is 1. The van der Waals surface area contributed by atoms with Crippen molar-refractivity contribution in [2.75, 3.05) is 25.0 Å². The summed E-state index contributed by atoms with van der Waals surface area (Å²) in [6, 6.07) is 7.90. The van der Waals surface area contributed by atoms with E-state index in [0.717, 1.165) is 53.9 Å². The number of H-pyrrole nitrogens is 1. The molecule has 35 heavy (non-hydrogen) atoms. The van der Waals surface area contributed by atoms with E-state index in [-0.39, 0.29) is 31.2 Å². The smallest absolute Gasteiger partial charge is 0.323 e. The molecule has 9 nitrogen and oxygen atoms in total. The summed E-state index contributed by atoms with van der Waals surface area (Å²) >= 11 is 0. The number of rotatable bonds is 11. The molecule has 2 amide bonds. The number of allylic oxidation sites excluding steroid dienone is 4. The third kappa shape index (κ3) is 6.38. The third-order valence-corrected chi connectivity index (χ3v) is 6.21. The second-order valence-corrected chi connectivity index (χ2v) is 8.76. The van der Waals surface area contributed by atoms with E-state index in [2.05, 4.69) is 20.6 Å². The Morgan fingerprint density at radius 2 is 1.94 bits per heavy atom. The van der Waals surface area contributed by atoms with Crippen molar-refractivity contribution in [3.63, 3.8) is 0 Å². The van der Waals surface area contributed by atoms with E-state index >= 15 is 0 Å². The van der Waals surface area contributed by atoms with E-state index in [1.807, 2.05) is 36.4 Å². The first kappa shape index (κ1) is 24.3. The van der Waals surface area contributed by atoms with Crippen LogP contribution in [0.4, 0.5) is 5.95 Å². The van der Waals surface area contributed by atoms with Gasteiger partial charge in [-0.1, -0.05) is 29.9 Å². The molecule has 0 radical (unpaired) electrons. The van der Waals surface area contributed by atoms with Crippen molar-refractivity contribution in [3.8, 4) is 0 Å². The number of hydrogen-bond donors (Lipinski definition) is 4. The van der Waals surface area contributed by atoms with Gasteiger partial charge in [0.15, 0.2) is 0 Å². The lowest BCUT2D eigenvalue weighted by Crippen LogP contribution is -2.34. The summed E-state index contributed by atoms with van der Waals surface area (Å²) in [6.07, 6.45) is 9.85. The first-order valence-electron chi connectivity index (χ1n) is 12.1. The van der Waals surface area contributed by atoms with Crippen LogP contribution in [0.5, 0.6) is 0 Å². The van der Waals surface area contributed by atoms with Gasteiger partial charge < -0.3 is 25.6 Å². The lowest BCUT2D eigenvalue weighted by atomic mass is 9.94. The summed E-state index contributed by atoms with van der Waals surface area (Å²) in [6.45, 7) is 1.03. The number of carboxylic acid groups (broad SMARTS) is 1. The normalized spacial score (nSPS) is 15.6. The standard InChI is InChI=1S/C26H31N5O4/c32-23(27-14-6-1-7-15-28-26-29-20-9-3-4-10-21(20)30-26)16-18-12-13-24(33)31(17-25(34)35)22-11-5-2-8-19(18)22/h2-5,9-11H,1,6-8,12-17H2,(H,27,32)(H,34,35)(H2,28,29,30).